The van der Waals surface area contributed by atoms with Crippen LogP contribution in [0.3, 0.4) is 0 Å². The van der Waals surface area contributed by atoms with Crippen molar-refractivity contribution in [1.29, 1.82) is 0 Å². The smallest absolute Gasteiger partial charge is 0.339 e. The maximum Gasteiger partial charge on any atom is 0.339 e. The fraction of sp³-hybridized carbons (Fsp3) is 0. The number of carboxylic acids is 1. The van der Waals surface area contributed by atoms with Crippen molar-refractivity contribution in [3.05, 3.63) is 89.0 Å². The zero-order valence-corrected chi connectivity index (χ0v) is 15.6. The van der Waals surface area contributed by atoms with Gasteiger partial charge in [-0.2, -0.15) is 0 Å². The molecule has 0 heterocycles. The van der Waals surface area contributed by atoms with Crippen LogP contribution in [0.5, 0.6) is 0 Å². The van der Waals surface area contributed by atoms with E-state index in [2.05, 4.69) is 5.32 Å². The summed E-state index contributed by atoms with van der Waals surface area (Å²) in [4.78, 5) is 24.3. The molecular weight excluding hydrogens is 426 g/mol. The highest BCUT2D eigenvalue weighted by Gasteiger charge is 2.32. The van der Waals surface area contributed by atoms with Crippen LogP contribution in [0.4, 0.5) is 23.2 Å². The molecule has 1 amide bonds. The lowest BCUT2D eigenvalue weighted by Crippen LogP contribution is -2.22. The summed E-state index contributed by atoms with van der Waals surface area (Å²) >= 11 is 0. The Morgan fingerprint density at radius 1 is 0.733 bits per heavy atom. The highest BCUT2D eigenvalue weighted by molar-refractivity contribution is 7.85. The summed E-state index contributed by atoms with van der Waals surface area (Å²) in [5.41, 5.74) is -3.13. The standard InChI is InChI=1S/C20H11F4NO4S/c21-15-13(14(20(27)28)16(22)18(24)17(15)23)19(26)25-10-6-8-12(9-7-10)30(29)11-4-2-1-3-5-11/h1-9H,(H,25,26)(H,27,28). The van der Waals surface area contributed by atoms with Crippen molar-refractivity contribution in [3.8, 4) is 0 Å². The molecule has 2 N–H and O–H groups in total. The molecule has 1 atom stereocenters. The van der Waals surface area contributed by atoms with E-state index in [1.165, 1.54) is 24.3 Å². The van der Waals surface area contributed by atoms with Gasteiger partial charge in [-0.1, -0.05) is 18.2 Å². The van der Waals surface area contributed by atoms with E-state index in [0.717, 1.165) is 0 Å². The first-order valence-electron chi connectivity index (χ1n) is 8.19. The van der Waals surface area contributed by atoms with Gasteiger partial charge in [0.1, 0.15) is 5.56 Å². The van der Waals surface area contributed by atoms with Gasteiger partial charge in [-0.25, -0.2) is 26.6 Å². The number of carbonyl (C=O) groups excluding carboxylic acids is 1. The van der Waals surface area contributed by atoms with Crippen LogP contribution in [0, 0.1) is 23.3 Å². The minimum absolute atomic E-state index is 0.00492. The first kappa shape index (κ1) is 21.2. The lowest BCUT2D eigenvalue weighted by atomic mass is 10.0. The summed E-state index contributed by atoms with van der Waals surface area (Å²) < 4.78 is 67.1. The molecule has 0 aliphatic heterocycles. The van der Waals surface area contributed by atoms with Crippen molar-refractivity contribution in [2.24, 2.45) is 0 Å². The van der Waals surface area contributed by atoms with E-state index in [-0.39, 0.29) is 5.69 Å². The number of benzene rings is 3. The first-order valence-corrected chi connectivity index (χ1v) is 9.34. The summed E-state index contributed by atoms with van der Waals surface area (Å²) in [7, 11) is -1.52. The summed E-state index contributed by atoms with van der Waals surface area (Å²) in [6.45, 7) is 0. The van der Waals surface area contributed by atoms with Gasteiger partial charge < -0.3 is 10.4 Å². The van der Waals surface area contributed by atoms with Gasteiger partial charge in [-0.3, -0.25) is 4.79 Å². The minimum atomic E-state index is -2.34. The van der Waals surface area contributed by atoms with E-state index in [4.69, 9.17) is 5.11 Å². The van der Waals surface area contributed by atoms with Crippen LogP contribution < -0.4 is 5.32 Å². The van der Waals surface area contributed by atoms with Crippen molar-refractivity contribution >= 4 is 28.4 Å². The predicted molar refractivity (Wildman–Crippen MR) is 98.7 cm³/mol. The average molecular weight is 437 g/mol. The molecule has 0 spiro atoms. The molecule has 0 aliphatic carbocycles. The van der Waals surface area contributed by atoms with Crippen molar-refractivity contribution in [2.75, 3.05) is 5.32 Å². The van der Waals surface area contributed by atoms with E-state index in [0.29, 0.717) is 9.79 Å². The average Bonchev–Trinajstić information content (AvgIpc) is 2.74. The van der Waals surface area contributed by atoms with Crippen LogP contribution in [0.2, 0.25) is 0 Å². The Balaban J connectivity index is 1.90. The Morgan fingerprint density at radius 3 is 1.77 bits per heavy atom. The zero-order valence-electron chi connectivity index (χ0n) is 14.8. The first-order chi connectivity index (χ1) is 14.2. The molecule has 0 fully saturated rings. The normalized spacial score (nSPS) is 11.7. The van der Waals surface area contributed by atoms with Crippen LogP contribution in [-0.2, 0) is 10.8 Å². The Hall–Kier alpha value is -3.53. The molecule has 1 unspecified atom stereocenters. The molecule has 0 aliphatic rings. The molecule has 30 heavy (non-hydrogen) atoms. The van der Waals surface area contributed by atoms with Gasteiger partial charge in [0.05, 0.1) is 16.4 Å². The van der Waals surface area contributed by atoms with Gasteiger partial charge >= 0.3 is 5.97 Å². The van der Waals surface area contributed by atoms with Gasteiger partial charge in [-0.15, -0.1) is 0 Å². The number of aromatic carboxylic acids is 1. The number of rotatable bonds is 5. The predicted octanol–water partition coefficient (Wildman–Crippen LogP) is 4.36. The fourth-order valence-corrected chi connectivity index (χ4v) is 3.64. The molecule has 154 valence electrons. The van der Waals surface area contributed by atoms with Crippen molar-refractivity contribution in [2.45, 2.75) is 9.79 Å². The Bertz CT molecular complexity index is 1170. The van der Waals surface area contributed by atoms with Gasteiger partial charge in [0.2, 0.25) is 0 Å². The maximum atomic E-state index is 14.0. The van der Waals surface area contributed by atoms with E-state index in [1.807, 2.05) is 0 Å². The van der Waals surface area contributed by atoms with Crippen LogP contribution in [0.1, 0.15) is 20.7 Å². The van der Waals surface area contributed by atoms with Gasteiger partial charge in [0, 0.05) is 15.5 Å². The highest BCUT2D eigenvalue weighted by Crippen LogP contribution is 2.26. The van der Waals surface area contributed by atoms with E-state index in [1.54, 1.807) is 30.3 Å². The van der Waals surface area contributed by atoms with Gasteiger partial charge in [-0.05, 0) is 36.4 Å². The molecule has 0 aromatic heterocycles. The molecule has 0 saturated heterocycles. The number of carbonyl (C=O) groups is 2. The molecule has 3 aromatic rings. The van der Waals surface area contributed by atoms with E-state index < -0.39 is 57.1 Å². The number of carboxylic acid groups (broad SMARTS) is 1. The van der Waals surface area contributed by atoms with E-state index in [9.17, 15) is 31.4 Å². The van der Waals surface area contributed by atoms with Crippen molar-refractivity contribution in [1.82, 2.24) is 0 Å². The molecule has 5 nitrogen and oxygen atoms in total. The van der Waals surface area contributed by atoms with Gasteiger partial charge in [0.15, 0.2) is 23.3 Å². The molecule has 3 aromatic carbocycles. The highest BCUT2D eigenvalue weighted by atomic mass is 32.2. The largest absolute Gasteiger partial charge is 0.478 e. The van der Waals surface area contributed by atoms with Crippen molar-refractivity contribution < 1.29 is 36.5 Å². The van der Waals surface area contributed by atoms with Crippen LogP contribution in [-0.4, -0.2) is 21.2 Å². The maximum absolute atomic E-state index is 14.0. The minimum Gasteiger partial charge on any atom is -0.478 e. The third kappa shape index (κ3) is 3.94. The molecular formula is C20H11F4NO4S. The quantitative estimate of drug-likeness (QED) is 0.353. The second kappa shape index (κ2) is 8.46. The molecule has 0 bridgehead atoms. The number of hydrogen-bond donors (Lipinski definition) is 2. The van der Waals surface area contributed by atoms with E-state index >= 15 is 0 Å². The fourth-order valence-electron chi connectivity index (χ4n) is 2.58. The third-order valence-electron chi connectivity index (χ3n) is 3.99. The monoisotopic (exact) mass is 437 g/mol. The summed E-state index contributed by atoms with van der Waals surface area (Å²) in [5, 5.41) is 11.1. The summed E-state index contributed by atoms with van der Waals surface area (Å²) in [5.74, 6) is -12.6. The second-order valence-corrected chi connectivity index (χ2v) is 7.35. The van der Waals surface area contributed by atoms with Crippen molar-refractivity contribution in [3.63, 3.8) is 0 Å². The number of nitrogens with one attached hydrogen (secondary N) is 1. The lowest BCUT2D eigenvalue weighted by molar-refractivity contribution is 0.0684. The zero-order chi connectivity index (χ0) is 22.0. The third-order valence-corrected chi connectivity index (χ3v) is 5.39. The SMILES string of the molecule is O=C(O)c1c(F)c(F)c(F)c(F)c1C(=O)Nc1ccc(S(=O)c2ccccc2)cc1. The summed E-state index contributed by atoms with van der Waals surface area (Å²) in [6.07, 6.45) is 0. The van der Waals surface area contributed by atoms with Crippen LogP contribution in [0.15, 0.2) is 64.4 Å². The summed E-state index contributed by atoms with van der Waals surface area (Å²) in [6, 6.07) is 13.8. The number of hydrogen-bond acceptors (Lipinski definition) is 3. The molecule has 3 rings (SSSR count). The second-order valence-electron chi connectivity index (χ2n) is 5.87. The topological polar surface area (TPSA) is 83.5 Å². The number of anilines is 1. The Morgan fingerprint density at radius 2 is 1.23 bits per heavy atom. The number of halogens is 4. The Kier molecular flexibility index (Phi) is 5.97. The molecule has 0 saturated carbocycles. The number of amides is 1. The van der Waals surface area contributed by atoms with Crippen LogP contribution >= 0.6 is 0 Å². The van der Waals surface area contributed by atoms with Gasteiger partial charge in [0.25, 0.3) is 5.91 Å². The Labute approximate surface area is 169 Å². The lowest BCUT2D eigenvalue weighted by Gasteiger charge is -2.11. The molecule has 0 radical (unpaired) electrons. The van der Waals surface area contributed by atoms with Crippen LogP contribution in [0.25, 0.3) is 0 Å². The molecule has 10 heteroatoms.